The minimum Gasteiger partial charge on any atom is -0.507 e. The average molecular weight is 480 g/mol. The fourth-order valence-corrected chi connectivity index (χ4v) is 4.26. The van der Waals surface area contributed by atoms with E-state index >= 15 is 0 Å². The van der Waals surface area contributed by atoms with Crippen LogP contribution in [0.4, 0.5) is 0 Å². The van der Waals surface area contributed by atoms with E-state index in [0.29, 0.717) is 25.1 Å². The number of aromatic nitrogens is 2. The van der Waals surface area contributed by atoms with Crippen LogP contribution in [0.1, 0.15) is 29.2 Å². The molecule has 1 fully saturated rings. The van der Waals surface area contributed by atoms with Crippen molar-refractivity contribution in [3.63, 3.8) is 0 Å². The number of likely N-dealkylation sites (tertiary alicyclic amines) is 1. The van der Waals surface area contributed by atoms with E-state index in [2.05, 4.69) is 20.9 Å². The number of nitrogens with zero attached hydrogens (tertiary/aromatic N) is 3. The number of halogens is 1. The Labute approximate surface area is 189 Å². The van der Waals surface area contributed by atoms with Crippen LogP contribution in [-0.4, -0.2) is 37.8 Å². The molecule has 1 atom stereocenters. The summed E-state index contributed by atoms with van der Waals surface area (Å²) in [5, 5.41) is 11.0. The molecule has 2 heterocycles. The van der Waals surface area contributed by atoms with E-state index in [1.54, 1.807) is 29.6 Å². The number of Topliss-reactive ketones (excluding diaryl/α,β-unsaturated/α-hetero) is 1. The normalized spacial score (nSPS) is 18.0. The van der Waals surface area contributed by atoms with Gasteiger partial charge in [0.1, 0.15) is 5.76 Å². The van der Waals surface area contributed by atoms with E-state index in [-0.39, 0.29) is 11.3 Å². The van der Waals surface area contributed by atoms with Crippen LogP contribution >= 0.6 is 15.9 Å². The predicted octanol–water partition coefficient (Wildman–Crippen LogP) is 4.47. The number of hydrogen-bond acceptors (Lipinski definition) is 4. The van der Waals surface area contributed by atoms with Gasteiger partial charge in [-0.05, 0) is 31.0 Å². The van der Waals surface area contributed by atoms with Crippen molar-refractivity contribution in [1.29, 1.82) is 0 Å². The van der Waals surface area contributed by atoms with Gasteiger partial charge in [0.2, 0.25) is 0 Å². The lowest BCUT2D eigenvalue weighted by Crippen LogP contribution is -2.31. The molecule has 4 rings (SSSR count). The van der Waals surface area contributed by atoms with Crippen molar-refractivity contribution < 1.29 is 14.7 Å². The summed E-state index contributed by atoms with van der Waals surface area (Å²) in [4.78, 5) is 31.6. The Kier molecular flexibility index (Phi) is 6.04. The largest absolute Gasteiger partial charge is 0.507 e. The van der Waals surface area contributed by atoms with E-state index in [9.17, 15) is 14.7 Å². The molecule has 0 aliphatic carbocycles. The first-order valence-corrected chi connectivity index (χ1v) is 10.8. The van der Waals surface area contributed by atoms with Crippen molar-refractivity contribution in [1.82, 2.24) is 14.5 Å². The molecule has 158 valence electrons. The van der Waals surface area contributed by atoms with Crippen molar-refractivity contribution in [2.45, 2.75) is 25.9 Å². The molecule has 0 radical (unpaired) electrons. The molecule has 1 amide bonds. The summed E-state index contributed by atoms with van der Waals surface area (Å²) in [6.07, 6.45) is 5.93. The van der Waals surface area contributed by atoms with Gasteiger partial charge in [0.25, 0.3) is 11.7 Å². The Morgan fingerprint density at radius 3 is 2.58 bits per heavy atom. The highest BCUT2D eigenvalue weighted by molar-refractivity contribution is 9.10. The summed E-state index contributed by atoms with van der Waals surface area (Å²) in [6, 6.07) is 14.1. The van der Waals surface area contributed by atoms with Gasteiger partial charge in [-0.3, -0.25) is 9.59 Å². The summed E-state index contributed by atoms with van der Waals surface area (Å²) in [5.74, 6) is -1.41. The highest BCUT2D eigenvalue weighted by Crippen LogP contribution is 2.40. The third kappa shape index (κ3) is 4.32. The minimum atomic E-state index is -0.661. The van der Waals surface area contributed by atoms with Gasteiger partial charge in [0.05, 0.1) is 17.9 Å². The van der Waals surface area contributed by atoms with Crippen LogP contribution in [0.25, 0.3) is 5.76 Å². The summed E-state index contributed by atoms with van der Waals surface area (Å²) < 4.78 is 2.76. The highest BCUT2D eigenvalue weighted by Gasteiger charge is 2.45. The molecular weight excluding hydrogens is 458 g/mol. The molecule has 6 nitrogen and oxygen atoms in total. The summed E-state index contributed by atoms with van der Waals surface area (Å²) in [7, 11) is 0. The maximum atomic E-state index is 13.0. The van der Waals surface area contributed by atoms with E-state index in [4.69, 9.17) is 0 Å². The molecule has 1 aromatic heterocycles. The zero-order chi connectivity index (χ0) is 22.0. The van der Waals surface area contributed by atoms with Gasteiger partial charge in [0.15, 0.2) is 0 Å². The lowest BCUT2D eigenvalue weighted by Gasteiger charge is -2.25. The van der Waals surface area contributed by atoms with E-state index in [1.165, 1.54) is 0 Å². The van der Waals surface area contributed by atoms with Crippen LogP contribution in [0.15, 0.2) is 77.3 Å². The highest BCUT2D eigenvalue weighted by atomic mass is 79.9. The molecule has 0 spiro atoms. The number of amides is 1. The van der Waals surface area contributed by atoms with Crippen molar-refractivity contribution in [2.75, 3.05) is 6.54 Å². The number of aliphatic hydroxyl groups excluding tert-OH is 1. The number of imidazole rings is 1. The quantitative estimate of drug-likeness (QED) is 0.321. The molecule has 1 aliphatic heterocycles. The molecule has 1 N–H and O–H groups in total. The van der Waals surface area contributed by atoms with Gasteiger partial charge in [0, 0.05) is 35.5 Å². The van der Waals surface area contributed by atoms with Crippen LogP contribution in [-0.2, 0) is 16.1 Å². The third-order valence-corrected chi connectivity index (χ3v) is 5.90. The topological polar surface area (TPSA) is 75.4 Å². The summed E-state index contributed by atoms with van der Waals surface area (Å²) >= 11 is 3.47. The van der Waals surface area contributed by atoms with Crippen LogP contribution < -0.4 is 0 Å². The summed E-state index contributed by atoms with van der Waals surface area (Å²) in [5.41, 5.74) is 2.45. The maximum Gasteiger partial charge on any atom is 0.295 e. The molecule has 2 aromatic carbocycles. The van der Waals surface area contributed by atoms with Crippen molar-refractivity contribution in [3.05, 3.63) is 94.0 Å². The van der Waals surface area contributed by atoms with Crippen LogP contribution in [0.5, 0.6) is 0 Å². The van der Waals surface area contributed by atoms with Gasteiger partial charge in [-0.1, -0.05) is 57.9 Å². The fourth-order valence-electron chi connectivity index (χ4n) is 3.84. The maximum absolute atomic E-state index is 13.0. The van der Waals surface area contributed by atoms with Gasteiger partial charge >= 0.3 is 0 Å². The number of carbonyl (C=O) groups excluding carboxylic acids is 2. The molecule has 3 aromatic rings. The number of rotatable bonds is 6. The monoisotopic (exact) mass is 479 g/mol. The molecule has 7 heteroatoms. The van der Waals surface area contributed by atoms with Gasteiger partial charge in [-0.25, -0.2) is 4.98 Å². The standard InChI is InChI=1S/C24H22BrN3O3/c1-16-6-8-17(9-7-16)22(29)20-21(18-4-2-5-19(25)14-18)28(24(31)23(20)30)12-3-11-27-13-10-26-15-27/h2,4-10,13-15,21,29H,3,11-12H2,1H3/b22-20-. The Balaban J connectivity index is 1.73. The van der Waals surface area contributed by atoms with Crippen LogP contribution in [0, 0.1) is 6.92 Å². The number of benzene rings is 2. The number of aliphatic hydroxyl groups is 1. The molecular formula is C24H22BrN3O3. The first-order valence-electron chi connectivity index (χ1n) is 10.0. The van der Waals surface area contributed by atoms with Crippen molar-refractivity contribution in [2.24, 2.45) is 0 Å². The van der Waals surface area contributed by atoms with Crippen LogP contribution in [0.3, 0.4) is 0 Å². The van der Waals surface area contributed by atoms with Crippen molar-refractivity contribution >= 4 is 33.4 Å². The third-order valence-electron chi connectivity index (χ3n) is 5.40. The SMILES string of the molecule is Cc1ccc(/C(O)=C2/C(=O)C(=O)N(CCCn3ccnc3)C2c2cccc(Br)c2)cc1. The van der Waals surface area contributed by atoms with Gasteiger partial charge in [-0.2, -0.15) is 0 Å². The van der Waals surface area contributed by atoms with Crippen molar-refractivity contribution in [3.8, 4) is 0 Å². The second-order valence-electron chi connectivity index (χ2n) is 7.57. The average Bonchev–Trinajstić information content (AvgIpc) is 3.36. The molecule has 1 aliphatic rings. The summed E-state index contributed by atoms with van der Waals surface area (Å²) in [6.45, 7) is 3.00. The van der Waals surface area contributed by atoms with Gasteiger partial charge in [-0.15, -0.1) is 0 Å². The minimum absolute atomic E-state index is 0.120. The molecule has 0 saturated carbocycles. The van der Waals surface area contributed by atoms with Gasteiger partial charge < -0.3 is 14.6 Å². The van der Waals surface area contributed by atoms with Crippen LogP contribution in [0.2, 0.25) is 0 Å². The smallest absolute Gasteiger partial charge is 0.295 e. The predicted molar refractivity (Wildman–Crippen MR) is 121 cm³/mol. The Morgan fingerprint density at radius 2 is 1.90 bits per heavy atom. The molecule has 1 unspecified atom stereocenters. The first kappa shape index (κ1) is 21.1. The van der Waals surface area contributed by atoms with E-state index in [1.807, 2.05) is 54.1 Å². The lowest BCUT2D eigenvalue weighted by atomic mass is 9.95. The zero-order valence-electron chi connectivity index (χ0n) is 17.0. The molecule has 1 saturated heterocycles. The van der Waals surface area contributed by atoms with E-state index < -0.39 is 17.7 Å². The number of carbonyl (C=O) groups is 2. The number of aryl methyl sites for hydroxylation is 2. The second-order valence-corrected chi connectivity index (χ2v) is 8.48. The second kappa shape index (κ2) is 8.89. The molecule has 31 heavy (non-hydrogen) atoms. The Morgan fingerprint density at radius 1 is 1.13 bits per heavy atom. The van der Waals surface area contributed by atoms with E-state index in [0.717, 1.165) is 15.6 Å². The first-order chi connectivity index (χ1) is 15.0. The lowest BCUT2D eigenvalue weighted by molar-refractivity contribution is -0.139. The number of hydrogen-bond donors (Lipinski definition) is 1. The zero-order valence-corrected chi connectivity index (χ0v) is 18.6. The molecule has 0 bridgehead atoms. The Hall–Kier alpha value is -3.19. The number of ketones is 1. The fraction of sp³-hybridized carbons (Fsp3) is 0.208. The Bertz CT molecular complexity index is 1140.